The van der Waals surface area contributed by atoms with Crippen LogP contribution in [0.2, 0.25) is 0 Å². The van der Waals surface area contributed by atoms with Crippen molar-refractivity contribution in [1.29, 1.82) is 0 Å². The van der Waals surface area contributed by atoms with Gasteiger partial charge in [0.25, 0.3) is 0 Å². The molecule has 0 saturated heterocycles. The van der Waals surface area contributed by atoms with Gasteiger partial charge in [-0.15, -0.1) is 4.31 Å². The third kappa shape index (κ3) is 4.36. The summed E-state index contributed by atoms with van der Waals surface area (Å²) in [5.74, 6) is 0.311. The second-order valence-corrected chi connectivity index (χ2v) is 8.19. The average Bonchev–Trinajstić information content (AvgIpc) is 2.45. The zero-order valence-electron chi connectivity index (χ0n) is 14.0. The van der Waals surface area contributed by atoms with Crippen LogP contribution in [0.4, 0.5) is 0 Å². The van der Waals surface area contributed by atoms with Crippen LogP contribution >= 0.6 is 0 Å². The summed E-state index contributed by atoms with van der Waals surface area (Å²) in [6.07, 6.45) is 1.45. The van der Waals surface area contributed by atoms with E-state index in [1.54, 1.807) is 6.07 Å². The number of pyridine rings is 1. The van der Waals surface area contributed by atoms with E-state index in [9.17, 15) is 14.6 Å². The Bertz CT molecular complexity index is 496. The minimum atomic E-state index is -1.65. The summed E-state index contributed by atoms with van der Waals surface area (Å²) in [6.45, 7) is 10.2. The van der Waals surface area contributed by atoms with Gasteiger partial charge in [0.2, 0.25) is 0 Å². The van der Waals surface area contributed by atoms with Gasteiger partial charge in [0.15, 0.2) is 0 Å². The van der Waals surface area contributed by atoms with Crippen LogP contribution in [-0.2, 0) is 11.4 Å². The lowest BCUT2D eigenvalue weighted by Gasteiger charge is -2.35. The molecular formula is C14H25BN2O4S. The van der Waals surface area contributed by atoms with Crippen molar-refractivity contribution in [3.8, 4) is 5.75 Å². The van der Waals surface area contributed by atoms with Crippen molar-refractivity contribution < 1.29 is 19.3 Å². The Morgan fingerprint density at radius 1 is 1.45 bits per heavy atom. The largest absolute Gasteiger partial charge is 0.597 e. The van der Waals surface area contributed by atoms with E-state index in [-0.39, 0.29) is 16.3 Å². The molecule has 0 amide bonds. The zero-order chi connectivity index (χ0) is 17.1. The fourth-order valence-corrected chi connectivity index (χ4v) is 3.44. The van der Waals surface area contributed by atoms with Gasteiger partial charge in [0.1, 0.15) is 10.5 Å². The first-order valence-electron chi connectivity index (χ1n) is 7.22. The fraction of sp³-hybridized carbons (Fsp3) is 0.643. The standard InChI is InChI=1S/C14H25BN2O4S/c1-7-17(22(20)14(3,4)5)10(2)12-8-11(15(18)19)13(21-6)9-16-12/h8-10,18-19H,7H2,1-6H3/t10?,22-/m1/s1. The van der Waals surface area contributed by atoms with E-state index in [4.69, 9.17) is 4.74 Å². The van der Waals surface area contributed by atoms with Gasteiger partial charge in [-0.2, -0.15) is 0 Å². The molecule has 1 aromatic heterocycles. The normalized spacial score (nSPS) is 14.8. The molecule has 8 heteroatoms. The second kappa shape index (κ2) is 7.65. The highest BCUT2D eigenvalue weighted by Gasteiger charge is 2.36. The van der Waals surface area contributed by atoms with Crippen LogP contribution in [0.15, 0.2) is 12.3 Å². The Labute approximate surface area is 136 Å². The molecule has 0 radical (unpaired) electrons. The molecular weight excluding hydrogens is 303 g/mol. The van der Waals surface area contributed by atoms with Gasteiger partial charge in [-0.05, 0) is 40.7 Å². The van der Waals surface area contributed by atoms with Gasteiger partial charge < -0.3 is 19.3 Å². The summed E-state index contributed by atoms with van der Waals surface area (Å²) < 4.78 is 19.2. The Hall–Kier alpha value is -0.795. The van der Waals surface area contributed by atoms with E-state index in [1.165, 1.54) is 13.3 Å². The van der Waals surface area contributed by atoms with Crippen molar-refractivity contribution in [3.05, 3.63) is 18.0 Å². The number of ether oxygens (including phenoxy) is 1. The zero-order valence-corrected chi connectivity index (χ0v) is 14.8. The Morgan fingerprint density at radius 3 is 2.45 bits per heavy atom. The Balaban J connectivity index is 3.15. The van der Waals surface area contributed by atoms with Crippen molar-refractivity contribution in [2.75, 3.05) is 13.7 Å². The van der Waals surface area contributed by atoms with Crippen molar-refractivity contribution in [2.24, 2.45) is 0 Å². The van der Waals surface area contributed by atoms with Crippen LogP contribution in [-0.4, -0.2) is 49.4 Å². The molecule has 2 N–H and O–H groups in total. The van der Waals surface area contributed by atoms with Crippen LogP contribution in [0.3, 0.4) is 0 Å². The number of methoxy groups -OCH3 is 1. The molecule has 124 valence electrons. The predicted molar refractivity (Wildman–Crippen MR) is 89.3 cm³/mol. The molecule has 22 heavy (non-hydrogen) atoms. The van der Waals surface area contributed by atoms with E-state index in [2.05, 4.69) is 4.98 Å². The van der Waals surface area contributed by atoms with E-state index in [0.29, 0.717) is 18.0 Å². The summed E-state index contributed by atoms with van der Waals surface area (Å²) in [5, 5.41) is 18.9. The van der Waals surface area contributed by atoms with Gasteiger partial charge in [-0.1, -0.05) is 0 Å². The first-order chi connectivity index (χ1) is 10.1. The number of nitrogens with zero attached hydrogens (tertiary/aromatic N) is 2. The molecule has 1 heterocycles. The lowest BCUT2D eigenvalue weighted by atomic mass is 9.79. The molecule has 0 fully saturated rings. The van der Waals surface area contributed by atoms with Crippen LogP contribution in [0.25, 0.3) is 0 Å². The number of aromatic nitrogens is 1. The molecule has 0 spiro atoms. The Kier molecular flexibility index (Phi) is 6.70. The lowest BCUT2D eigenvalue weighted by Crippen LogP contribution is -2.44. The van der Waals surface area contributed by atoms with Crippen molar-refractivity contribution in [2.45, 2.75) is 45.4 Å². The molecule has 1 aromatic rings. The molecule has 0 aliphatic heterocycles. The van der Waals surface area contributed by atoms with Crippen LogP contribution in [0.1, 0.15) is 46.4 Å². The molecule has 1 rings (SSSR count). The van der Waals surface area contributed by atoms with Crippen LogP contribution in [0.5, 0.6) is 5.75 Å². The third-order valence-corrected chi connectivity index (χ3v) is 5.37. The summed E-state index contributed by atoms with van der Waals surface area (Å²) in [7, 11) is -0.203. The minimum absolute atomic E-state index is 0.228. The predicted octanol–water partition coefficient (Wildman–Crippen LogP) is 0.615. The molecule has 0 aromatic carbocycles. The maximum absolute atomic E-state index is 12.6. The molecule has 0 bridgehead atoms. The maximum Gasteiger partial charge on any atom is 0.492 e. The molecule has 2 atom stereocenters. The van der Waals surface area contributed by atoms with E-state index in [0.717, 1.165) is 0 Å². The first-order valence-corrected chi connectivity index (χ1v) is 8.32. The number of hydrogen-bond acceptors (Lipinski definition) is 6. The average molecular weight is 328 g/mol. The molecule has 6 nitrogen and oxygen atoms in total. The monoisotopic (exact) mass is 328 g/mol. The molecule has 1 unspecified atom stereocenters. The van der Waals surface area contributed by atoms with Gasteiger partial charge in [0.05, 0.1) is 25.0 Å². The van der Waals surface area contributed by atoms with E-state index in [1.807, 2.05) is 38.9 Å². The first kappa shape index (κ1) is 19.3. The minimum Gasteiger partial charge on any atom is -0.597 e. The third-order valence-electron chi connectivity index (χ3n) is 3.33. The Morgan fingerprint density at radius 2 is 2.05 bits per heavy atom. The van der Waals surface area contributed by atoms with Gasteiger partial charge in [0, 0.05) is 23.4 Å². The lowest BCUT2D eigenvalue weighted by molar-refractivity contribution is 0.338. The fourth-order valence-electron chi connectivity index (χ4n) is 2.11. The van der Waals surface area contributed by atoms with Gasteiger partial charge in [-0.25, -0.2) is 0 Å². The quantitative estimate of drug-likeness (QED) is 0.588. The SMILES string of the molecule is CCN(C(C)c1cc(B(O)O)c(OC)cn1)[S@+]([O-])C(C)(C)C. The number of hydrogen-bond donors (Lipinski definition) is 2. The smallest absolute Gasteiger partial charge is 0.492 e. The van der Waals surface area contributed by atoms with E-state index < -0.39 is 18.5 Å². The van der Waals surface area contributed by atoms with Crippen molar-refractivity contribution in [1.82, 2.24) is 9.29 Å². The van der Waals surface area contributed by atoms with Crippen molar-refractivity contribution >= 4 is 23.9 Å². The second-order valence-electron chi connectivity index (χ2n) is 6.00. The summed E-state index contributed by atoms with van der Waals surface area (Å²) in [5.41, 5.74) is 0.861. The highest BCUT2D eigenvalue weighted by atomic mass is 32.2. The summed E-state index contributed by atoms with van der Waals surface area (Å²) in [4.78, 5) is 4.30. The van der Waals surface area contributed by atoms with E-state index >= 15 is 0 Å². The molecule has 0 aliphatic carbocycles. The number of rotatable bonds is 6. The molecule has 0 aliphatic rings. The van der Waals surface area contributed by atoms with Gasteiger partial charge in [-0.3, -0.25) is 4.98 Å². The topological polar surface area (TPSA) is 88.9 Å². The summed E-state index contributed by atoms with van der Waals surface area (Å²) >= 11 is -1.19. The highest BCUT2D eigenvalue weighted by molar-refractivity contribution is 7.90. The van der Waals surface area contributed by atoms with Crippen molar-refractivity contribution in [3.63, 3.8) is 0 Å². The van der Waals surface area contributed by atoms with Crippen LogP contribution < -0.4 is 10.2 Å². The summed E-state index contributed by atoms with van der Waals surface area (Å²) in [6, 6.07) is 1.35. The highest BCUT2D eigenvalue weighted by Crippen LogP contribution is 2.28. The molecule has 0 saturated carbocycles. The van der Waals surface area contributed by atoms with Crippen LogP contribution in [0, 0.1) is 0 Å². The van der Waals surface area contributed by atoms with Gasteiger partial charge >= 0.3 is 7.12 Å². The maximum atomic E-state index is 12.6.